The SMILES string of the molecule is CCCCNc1cc(C(=O)NCc2ccccn2)ncn1. The number of rotatable bonds is 7. The number of amides is 1. The van der Waals surface area contributed by atoms with Gasteiger partial charge in [0.25, 0.3) is 5.91 Å². The molecule has 0 saturated heterocycles. The van der Waals surface area contributed by atoms with Crippen molar-refractivity contribution in [2.24, 2.45) is 0 Å². The maximum Gasteiger partial charge on any atom is 0.270 e. The molecule has 1 amide bonds. The topological polar surface area (TPSA) is 79.8 Å². The number of unbranched alkanes of at least 4 members (excludes halogenated alkanes) is 1. The van der Waals surface area contributed by atoms with Crippen LogP contribution in [0.3, 0.4) is 0 Å². The minimum Gasteiger partial charge on any atom is -0.370 e. The second kappa shape index (κ2) is 7.94. The third-order valence-corrected chi connectivity index (χ3v) is 2.89. The third kappa shape index (κ3) is 4.83. The number of pyridine rings is 1. The molecular formula is C15H19N5O. The molecule has 0 aliphatic rings. The Labute approximate surface area is 124 Å². The quantitative estimate of drug-likeness (QED) is 0.761. The lowest BCUT2D eigenvalue weighted by Gasteiger charge is -2.07. The predicted octanol–water partition coefficient (Wildman–Crippen LogP) is 2.01. The standard InChI is InChI=1S/C15H19N5O/c1-2-3-7-17-14-9-13(19-11-20-14)15(21)18-10-12-6-4-5-8-16-12/h4-6,8-9,11H,2-3,7,10H2,1H3,(H,18,21)(H,17,19,20). The van der Waals surface area contributed by atoms with E-state index in [0.29, 0.717) is 18.1 Å². The normalized spacial score (nSPS) is 10.1. The van der Waals surface area contributed by atoms with Gasteiger partial charge in [0.1, 0.15) is 17.8 Å². The van der Waals surface area contributed by atoms with Crippen LogP contribution in [0.25, 0.3) is 0 Å². The van der Waals surface area contributed by atoms with Crippen LogP contribution in [-0.2, 0) is 6.54 Å². The Kier molecular flexibility index (Phi) is 5.63. The second-order valence-corrected chi connectivity index (χ2v) is 4.57. The Bertz CT molecular complexity index is 573. The van der Waals surface area contributed by atoms with Crippen molar-refractivity contribution in [3.63, 3.8) is 0 Å². The maximum atomic E-state index is 12.0. The van der Waals surface area contributed by atoms with Crippen LogP contribution < -0.4 is 10.6 Å². The summed E-state index contributed by atoms with van der Waals surface area (Å²) in [5.41, 5.74) is 1.15. The van der Waals surface area contributed by atoms with Gasteiger partial charge in [0, 0.05) is 18.8 Å². The van der Waals surface area contributed by atoms with Gasteiger partial charge in [0.15, 0.2) is 0 Å². The molecule has 21 heavy (non-hydrogen) atoms. The summed E-state index contributed by atoms with van der Waals surface area (Å²) in [5, 5.41) is 5.96. The smallest absolute Gasteiger partial charge is 0.270 e. The van der Waals surface area contributed by atoms with Crippen LogP contribution in [0, 0.1) is 0 Å². The number of nitrogens with zero attached hydrogens (tertiary/aromatic N) is 3. The molecule has 0 bridgehead atoms. The zero-order valence-corrected chi connectivity index (χ0v) is 12.0. The molecule has 2 aromatic rings. The monoisotopic (exact) mass is 285 g/mol. The number of hydrogen-bond acceptors (Lipinski definition) is 5. The van der Waals surface area contributed by atoms with Crippen LogP contribution in [0.5, 0.6) is 0 Å². The van der Waals surface area contributed by atoms with Gasteiger partial charge in [-0.3, -0.25) is 9.78 Å². The molecule has 2 rings (SSSR count). The highest BCUT2D eigenvalue weighted by Crippen LogP contribution is 2.05. The van der Waals surface area contributed by atoms with Crippen molar-refractivity contribution in [1.29, 1.82) is 0 Å². The molecule has 0 aliphatic carbocycles. The van der Waals surface area contributed by atoms with E-state index in [0.717, 1.165) is 25.1 Å². The fraction of sp³-hybridized carbons (Fsp3) is 0.333. The number of hydrogen-bond donors (Lipinski definition) is 2. The van der Waals surface area contributed by atoms with E-state index < -0.39 is 0 Å². The minimum atomic E-state index is -0.235. The van der Waals surface area contributed by atoms with Gasteiger partial charge < -0.3 is 10.6 Å². The molecule has 0 atom stereocenters. The summed E-state index contributed by atoms with van der Waals surface area (Å²) in [6.07, 6.45) is 5.26. The molecule has 0 fully saturated rings. The molecule has 0 aromatic carbocycles. The van der Waals surface area contributed by atoms with Crippen molar-refractivity contribution in [1.82, 2.24) is 20.3 Å². The molecule has 2 heterocycles. The predicted molar refractivity (Wildman–Crippen MR) is 80.8 cm³/mol. The van der Waals surface area contributed by atoms with Gasteiger partial charge in [0.05, 0.1) is 12.2 Å². The summed E-state index contributed by atoms with van der Waals surface area (Å²) in [5.74, 6) is 0.433. The zero-order valence-electron chi connectivity index (χ0n) is 12.0. The number of carbonyl (C=O) groups is 1. The van der Waals surface area contributed by atoms with Gasteiger partial charge in [-0.05, 0) is 18.6 Å². The summed E-state index contributed by atoms with van der Waals surface area (Å²) < 4.78 is 0. The molecule has 0 aliphatic heterocycles. The van der Waals surface area contributed by atoms with Gasteiger partial charge in [-0.1, -0.05) is 19.4 Å². The van der Waals surface area contributed by atoms with E-state index in [9.17, 15) is 4.79 Å². The fourth-order valence-corrected chi connectivity index (χ4v) is 1.74. The van der Waals surface area contributed by atoms with Gasteiger partial charge in [-0.15, -0.1) is 0 Å². The van der Waals surface area contributed by atoms with E-state index >= 15 is 0 Å². The number of nitrogens with one attached hydrogen (secondary N) is 2. The van der Waals surface area contributed by atoms with Crippen molar-refractivity contribution in [3.05, 3.63) is 48.2 Å². The molecule has 110 valence electrons. The zero-order chi connectivity index (χ0) is 14.9. The Balaban J connectivity index is 1.91. The molecule has 0 saturated carbocycles. The highest BCUT2D eigenvalue weighted by Gasteiger charge is 2.08. The molecule has 0 spiro atoms. The summed E-state index contributed by atoms with van der Waals surface area (Å²) in [7, 11) is 0. The summed E-state index contributed by atoms with van der Waals surface area (Å²) in [4.78, 5) is 24.3. The highest BCUT2D eigenvalue weighted by atomic mass is 16.1. The van der Waals surface area contributed by atoms with Crippen molar-refractivity contribution >= 4 is 11.7 Å². The van der Waals surface area contributed by atoms with Crippen molar-refractivity contribution in [2.75, 3.05) is 11.9 Å². The van der Waals surface area contributed by atoms with E-state index in [1.54, 1.807) is 12.3 Å². The first-order valence-electron chi connectivity index (χ1n) is 7.03. The van der Waals surface area contributed by atoms with Gasteiger partial charge in [0.2, 0.25) is 0 Å². The Morgan fingerprint density at radius 1 is 1.24 bits per heavy atom. The third-order valence-electron chi connectivity index (χ3n) is 2.89. The lowest BCUT2D eigenvalue weighted by molar-refractivity contribution is 0.0945. The molecule has 2 N–H and O–H groups in total. The molecule has 6 nitrogen and oxygen atoms in total. The van der Waals surface area contributed by atoms with Crippen molar-refractivity contribution < 1.29 is 4.79 Å². The summed E-state index contributed by atoms with van der Waals surface area (Å²) in [6.45, 7) is 3.34. The highest BCUT2D eigenvalue weighted by molar-refractivity contribution is 5.92. The van der Waals surface area contributed by atoms with Crippen LogP contribution in [0.2, 0.25) is 0 Å². The van der Waals surface area contributed by atoms with Gasteiger partial charge in [-0.25, -0.2) is 9.97 Å². The average molecular weight is 285 g/mol. The van der Waals surface area contributed by atoms with Crippen LogP contribution in [-0.4, -0.2) is 27.4 Å². The molecule has 6 heteroatoms. The van der Waals surface area contributed by atoms with Crippen molar-refractivity contribution in [2.45, 2.75) is 26.3 Å². The Morgan fingerprint density at radius 3 is 2.90 bits per heavy atom. The van der Waals surface area contributed by atoms with E-state index in [4.69, 9.17) is 0 Å². The minimum absolute atomic E-state index is 0.235. The largest absolute Gasteiger partial charge is 0.370 e. The van der Waals surface area contributed by atoms with E-state index in [-0.39, 0.29) is 5.91 Å². The van der Waals surface area contributed by atoms with Crippen LogP contribution >= 0.6 is 0 Å². The number of aromatic nitrogens is 3. The van der Waals surface area contributed by atoms with Crippen LogP contribution in [0.4, 0.5) is 5.82 Å². The summed E-state index contributed by atoms with van der Waals surface area (Å²) in [6, 6.07) is 7.24. The summed E-state index contributed by atoms with van der Waals surface area (Å²) >= 11 is 0. The van der Waals surface area contributed by atoms with Crippen LogP contribution in [0.1, 0.15) is 35.9 Å². The molecular weight excluding hydrogens is 266 g/mol. The van der Waals surface area contributed by atoms with E-state index in [1.807, 2.05) is 18.2 Å². The average Bonchev–Trinajstić information content (AvgIpc) is 2.54. The fourth-order valence-electron chi connectivity index (χ4n) is 1.74. The van der Waals surface area contributed by atoms with Gasteiger partial charge >= 0.3 is 0 Å². The molecule has 2 aromatic heterocycles. The Hall–Kier alpha value is -2.50. The van der Waals surface area contributed by atoms with E-state index in [2.05, 4.69) is 32.5 Å². The first kappa shape index (κ1) is 14.9. The first-order chi connectivity index (χ1) is 10.3. The lowest BCUT2D eigenvalue weighted by Crippen LogP contribution is -2.24. The first-order valence-corrected chi connectivity index (χ1v) is 7.03. The number of anilines is 1. The van der Waals surface area contributed by atoms with Gasteiger partial charge in [-0.2, -0.15) is 0 Å². The molecule has 0 unspecified atom stereocenters. The maximum absolute atomic E-state index is 12.0. The van der Waals surface area contributed by atoms with E-state index in [1.165, 1.54) is 6.33 Å². The Morgan fingerprint density at radius 2 is 2.14 bits per heavy atom. The van der Waals surface area contributed by atoms with Crippen molar-refractivity contribution in [3.8, 4) is 0 Å². The lowest BCUT2D eigenvalue weighted by atomic mass is 10.3. The van der Waals surface area contributed by atoms with Crippen LogP contribution in [0.15, 0.2) is 36.8 Å². The number of carbonyl (C=O) groups excluding carboxylic acids is 1. The second-order valence-electron chi connectivity index (χ2n) is 4.57. The molecule has 0 radical (unpaired) electrons.